The van der Waals surface area contributed by atoms with Crippen LogP contribution in [-0.4, -0.2) is 23.3 Å². The van der Waals surface area contributed by atoms with Crippen LogP contribution in [0, 0.1) is 0 Å². The molecule has 0 radical (unpaired) electrons. The van der Waals surface area contributed by atoms with Crippen LogP contribution < -0.4 is 0 Å². The van der Waals surface area contributed by atoms with Crippen molar-refractivity contribution in [1.82, 2.24) is 0 Å². The first-order valence-electron chi connectivity index (χ1n) is 7.37. The summed E-state index contributed by atoms with van der Waals surface area (Å²) in [6, 6.07) is 8.30. The van der Waals surface area contributed by atoms with E-state index in [1.165, 1.54) is 13.2 Å². The molecule has 3 rings (SSSR count). The van der Waals surface area contributed by atoms with Gasteiger partial charge in [0.1, 0.15) is 11.5 Å². The minimum absolute atomic E-state index is 0.0473. The van der Waals surface area contributed by atoms with E-state index < -0.39 is 5.97 Å². The number of methoxy groups -OCH3 is 1. The third-order valence-corrected chi connectivity index (χ3v) is 4.18. The first-order chi connectivity index (χ1) is 10.6. The van der Waals surface area contributed by atoms with Crippen LogP contribution in [0.1, 0.15) is 34.3 Å². The zero-order chi connectivity index (χ0) is 15.7. The highest BCUT2D eigenvalue weighted by Gasteiger charge is 2.21. The first kappa shape index (κ1) is 14.4. The summed E-state index contributed by atoms with van der Waals surface area (Å²) in [6.07, 6.45) is 4.13. The van der Waals surface area contributed by atoms with Gasteiger partial charge in [-0.2, -0.15) is 0 Å². The number of hydrogen-bond acceptors (Lipinski definition) is 4. The molecule has 1 aliphatic carbocycles. The summed E-state index contributed by atoms with van der Waals surface area (Å²) in [6.45, 7) is 0. The lowest BCUT2D eigenvalue weighted by atomic mass is 9.87. The Hall–Kier alpha value is -2.49. The van der Waals surface area contributed by atoms with Crippen molar-refractivity contribution >= 4 is 5.97 Å². The molecule has 0 bridgehead atoms. The van der Waals surface area contributed by atoms with Gasteiger partial charge in [0.15, 0.2) is 0 Å². The van der Waals surface area contributed by atoms with Gasteiger partial charge in [-0.15, -0.1) is 0 Å². The fourth-order valence-electron chi connectivity index (χ4n) is 3.08. The molecule has 22 heavy (non-hydrogen) atoms. The van der Waals surface area contributed by atoms with Gasteiger partial charge in [0.05, 0.1) is 12.7 Å². The van der Waals surface area contributed by atoms with E-state index in [2.05, 4.69) is 0 Å². The Morgan fingerprint density at radius 2 is 1.73 bits per heavy atom. The maximum atomic E-state index is 11.9. The number of hydrogen-bond donors (Lipinski definition) is 2. The second-order valence-corrected chi connectivity index (χ2v) is 5.54. The molecular weight excluding hydrogens is 280 g/mol. The van der Waals surface area contributed by atoms with Crippen LogP contribution in [0.5, 0.6) is 11.5 Å². The smallest absolute Gasteiger partial charge is 0.338 e. The predicted octanol–water partition coefficient (Wildman–Crippen LogP) is 3.43. The number of carbonyl (C=O) groups excluding carboxylic acids is 1. The predicted molar refractivity (Wildman–Crippen MR) is 83.2 cm³/mol. The molecule has 4 heteroatoms. The molecule has 0 fully saturated rings. The van der Waals surface area contributed by atoms with Crippen molar-refractivity contribution in [2.45, 2.75) is 25.7 Å². The minimum Gasteiger partial charge on any atom is -0.507 e. The van der Waals surface area contributed by atoms with E-state index >= 15 is 0 Å². The topological polar surface area (TPSA) is 66.8 Å². The largest absolute Gasteiger partial charge is 0.507 e. The first-order valence-corrected chi connectivity index (χ1v) is 7.37. The van der Waals surface area contributed by atoms with Crippen molar-refractivity contribution < 1.29 is 19.7 Å². The number of benzene rings is 2. The monoisotopic (exact) mass is 298 g/mol. The van der Waals surface area contributed by atoms with Gasteiger partial charge >= 0.3 is 5.97 Å². The zero-order valence-electron chi connectivity index (χ0n) is 12.4. The fraction of sp³-hybridized carbons (Fsp3) is 0.278. The molecule has 0 aliphatic heterocycles. The molecule has 4 nitrogen and oxygen atoms in total. The average Bonchev–Trinajstić information content (AvgIpc) is 2.53. The third-order valence-electron chi connectivity index (χ3n) is 4.18. The van der Waals surface area contributed by atoms with Crippen molar-refractivity contribution in [2.75, 3.05) is 7.11 Å². The summed E-state index contributed by atoms with van der Waals surface area (Å²) >= 11 is 0. The van der Waals surface area contributed by atoms with Crippen molar-refractivity contribution in [3.63, 3.8) is 0 Å². The average molecular weight is 298 g/mol. The summed E-state index contributed by atoms with van der Waals surface area (Å²) in [5.74, 6) is -0.510. The Kier molecular flexibility index (Phi) is 3.75. The van der Waals surface area contributed by atoms with Crippen LogP contribution in [0.4, 0.5) is 0 Å². The molecule has 0 atom stereocenters. The van der Waals surface area contributed by atoms with E-state index in [0.717, 1.165) is 36.8 Å². The van der Waals surface area contributed by atoms with Crippen molar-refractivity contribution in [3.05, 3.63) is 47.0 Å². The van der Waals surface area contributed by atoms with Crippen LogP contribution >= 0.6 is 0 Å². The van der Waals surface area contributed by atoms with Gasteiger partial charge in [-0.05, 0) is 61.1 Å². The molecule has 114 valence electrons. The van der Waals surface area contributed by atoms with Crippen LogP contribution in [0.3, 0.4) is 0 Å². The number of ether oxygens (including phenoxy) is 1. The second-order valence-electron chi connectivity index (χ2n) is 5.54. The lowest BCUT2D eigenvalue weighted by Crippen LogP contribution is -2.06. The highest BCUT2D eigenvalue weighted by molar-refractivity contribution is 6.00. The van der Waals surface area contributed by atoms with E-state index in [-0.39, 0.29) is 17.1 Å². The fourth-order valence-corrected chi connectivity index (χ4v) is 3.08. The van der Waals surface area contributed by atoms with Gasteiger partial charge in [-0.25, -0.2) is 4.79 Å². The van der Waals surface area contributed by atoms with Crippen LogP contribution in [0.15, 0.2) is 30.3 Å². The number of carbonyl (C=O) groups is 1. The number of phenolic OH excluding ortho intramolecular Hbond substituents is 2. The molecule has 1 aliphatic rings. The van der Waals surface area contributed by atoms with Crippen molar-refractivity contribution in [3.8, 4) is 22.6 Å². The molecule has 0 spiro atoms. The Balaban J connectivity index is 2.21. The van der Waals surface area contributed by atoms with Gasteiger partial charge in [0.2, 0.25) is 0 Å². The molecule has 2 aromatic carbocycles. The van der Waals surface area contributed by atoms with E-state index in [1.807, 2.05) is 6.07 Å². The number of rotatable bonds is 2. The van der Waals surface area contributed by atoms with Crippen molar-refractivity contribution in [2.24, 2.45) is 0 Å². The summed E-state index contributed by atoms with van der Waals surface area (Å²) in [5.41, 5.74) is 3.34. The van der Waals surface area contributed by atoms with Gasteiger partial charge in [0, 0.05) is 11.1 Å². The minimum atomic E-state index is -0.539. The SMILES string of the molecule is COC(=O)c1cccc(O)c1-c1cc2c(cc1O)CCCC2. The molecule has 0 amide bonds. The van der Waals surface area contributed by atoms with Gasteiger partial charge < -0.3 is 14.9 Å². The Labute approximate surface area is 129 Å². The third kappa shape index (κ3) is 2.41. The molecule has 0 heterocycles. The molecule has 2 aromatic rings. The maximum Gasteiger partial charge on any atom is 0.338 e. The highest BCUT2D eigenvalue weighted by Crippen LogP contribution is 2.41. The molecule has 0 aromatic heterocycles. The molecular formula is C18H18O4. The lowest BCUT2D eigenvalue weighted by Gasteiger charge is -2.19. The summed E-state index contributed by atoms with van der Waals surface area (Å²) in [5, 5.41) is 20.6. The van der Waals surface area contributed by atoms with Crippen LogP contribution in [0.25, 0.3) is 11.1 Å². The zero-order valence-corrected chi connectivity index (χ0v) is 12.4. The van der Waals surface area contributed by atoms with E-state index in [9.17, 15) is 15.0 Å². The number of esters is 1. The number of aromatic hydroxyl groups is 2. The standard InChI is InChI=1S/C18H18O4/c1-22-18(21)13-7-4-8-15(19)17(13)14-9-11-5-2-3-6-12(11)10-16(14)20/h4,7-10,19-20H,2-3,5-6H2,1H3. The Morgan fingerprint density at radius 1 is 1.05 bits per heavy atom. The molecule has 0 unspecified atom stereocenters. The summed E-state index contributed by atoms with van der Waals surface area (Å²) < 4.78 is 4.77. The molecule has 0 saturated heterocycles. The summed E-state index contributed by atoms with van der Waals surface area (Å²) in [4.78, 5) is 11.9. The van der Waals surface area contributed by atoms with E-state index in [4.69, 9.17) is 4.74 Å². The normalized spacial score (nSPS) is 13.5. The summed E-state index contributed by atoms with van der Waals surface area (Å²) in [7, 11) is 1.29. The second kappa shape index (κ2) is 5.72. The van der Waals surface area contributed by atoms with E-state index in [0.29, 0.717) is 11.1 Å². The number of fused-ring (bicyclic) bond motifs is 1. The molecule has 2 N–H and O–H groups in total. The van der Waals surface area contributed by atoms with Gasteiger partial charge in [-0.3, -0.25) is 0 Å². The Morgan fingerprint density at radius 3 is 2.41 bits per heavy atom. The van der Waals surface area contributed by atoms with E-state index in [1.54, 1.807) is 18.2 Å². The highest BCUT2D eigenvalue weighted by atomic mass is 16.5. The quantitative estimate of drug-likeness (QED) is 0.834. The molecule has 0 saturated carbocycles. The van der Waals surface area contributed by atoms with Crippen LogP contribution in [-0.2, 0) is 17.6 Å². The lowest BCUT2D eigenvalue weighted by molar-refractivity contribution is 0.0601. The maximum absolute atomic E-state index is 11.9. The Bertz CT molecular complexity index is 734. The number of aryl methyl sites for hydroxylation is 2. The van der Waals surface area contributed by atoms with Crippen molar-refractivity contribution in [1.29, 1.82) is 0 Å². The number of phenols is 2. The van der Waals surface area contributed by atoms with Gasteiger partial charge in [-0.1, -0.05) is 6.07 Å². The van der Waals surface area contributed by atoms with Crippen LogP contribution in [0.2, 0.25) is 0 Å². The van der Waals surface area contributed by atoms with Gasteiger partial charge in [0.25, 0.3) is 0 Å².